The Balaban J connectivity index is 1.85. The van der Waals surface area contributed by atoms with E-state index in [1.54, 1.807) is 11.3 Å². The number of rotatable bonds is 3. The molecule has 2 aromatic heterocycles. The average Bonchev–Trinajstić information content (AvgIpc) is 2.95. The van der Waals surface area contributed by atoms with Crippen molar-refractivity contribution in [3.8, 4) is 0 Å². The maximum Gasteiger partial charge on any atom is 0.109 e. The monoisotopic (exact) mass is 290 g/mol. The molecule has 20 heavy (non-hydrogen) atoms. The summed E-state index contributed by atoms with van der Waals surface area (Å²) in [6.07, 6.45) is 4.13. The number of aryl methyl sites for hydroxylation is 1. The van der Waals surface area contributed by atoms with Crippen LogP contribution in [0.25, 0.3) is 0 Å². The molecule has 4 heteroatoms. The van der Waals surface area contributed by atoms with Crippen LogP contribution in [0.15, 0.2) is 22.2 Å². The van der Waals surface area contributed by atoms with Gasteiger partial charge >= 0.3 is 0 Å². The third-order valence-corrected chi connectivity index (χ3v) is 5.02. The Morgan fingerprint density at radius 3 is 3.00 bits per heavy atom. The van der Waals surface area contributed by atoms with Crippen LogP contribution in [0.3, 0.4) is 0 Å². The fourth-order valence-corrected chi connectivity index (χ4v) is 3.79. The van der Waals surface area contributed by atoms with Crippen LogP contribution in [0.2, 0.25) is 0 Å². The van der Waals surface area contributed by atoms with E-state index >= 15 is 0 Å². The van der Waals surface area contributed by atoms with Crippen molar-refractivity contribution in [3.63, 3.8) is 0 Å². The molecule has 0 spiro atoms. The first-order valence-electron chi connectivity index (χ1n) is 7.18. The topological polar surface area (TPSA) is 38.1 Å². The number of nitrogens with zero attached hydrogens (tertiary/aromatic N) is 1. The molecule has 3 rings (SSSR count). The normalized spacial score (nSPS) is 22.5. The van der Waals surface area contributed by atoms with Gasteiger partial charge in [0.2, 0.25) is 0 Å². The maximum atomic E-state index is 5.89. The lowest BCUT2D eigenvalue weighted by molar-refractivity contribution is 0.227. The molecule has 0 bridgehead atoms. The number of aromatic nitrogens is 1. The number of nitrogens with one attached hydrogen (secondary N) is 1. The Hall–Kier alpha value is -1.13. The Kier molecular flexibility index (Phi) is 3.46. The van der Waals surface area contributed by atoms with Gasteiger partial charge in [-0.2, -0.15) is 0 Å². The summed E-state index contributed by atoms with van der Waals surface area (Å²) in [4.78, 5) is 5.46. The Labute approximate surface area is 124 Å². The van der Waals surface area contributed by atoms with Crippen LogP contribution in [0.1, 0.15) is 61.2 Å². The summed E-state index contributed by atoms with van der Waals surface area (Å²) in [7, 11) is 0. The Morgan fingerprint density at radius 1 is 1.50 bits per heavy atom. The molecule has 1 N–H and O–H groups in total. The summed E-state index contributed by atoms with van der Waals surface area (Å²) in [5.41, 5.74) is 3.52. The quantitative estimate of drug-likeness (QED) is 0.910. The van der Waals surface area contributed by atoms with Crippen LogP contribution in [0.5, 0.6) is 0 Å². The third kappa shape index (κ3) is 2.67. The summed E-state index contributed by atoms with van der Waals surface area (Å²) in [6, 6.07) is 2.88. The number of fused-ring (bicyclic) bond motifs is 1. The average molecular weight is 290 g/mol. The minimum atomic E-state index is 0.280. The largest absolute Gasteiger partial charge is 0.466 e. The predicted molar refractivity (Wildman–Crippen MR) is 82.0 cm³/mol. The number of hydrogen-bond donors (Lipinski definition) is 1. The number of hydrogen-bond acceptors (Lipinski definition) is 4. The SMILES string of the molecule is Cc1cc2c(o1)CC(C)(C)CC2NC(C)c1cncs1. The summed E-state index contributed by atoms with van der Waals surface area (Å²) in [5, 5.41) is 3.76. The van der Waals surface area contributed by atoms with Gasteiger partial charge in [-0.05, 0) is 31.7 Å². The molecule has 2 heterocycles. The zero-order valence-corrected chi connectivity index (χ0v) is 13.4. The van der Waals surface area contributed by atoms with Crippen molar-refractivity contribution in [3.05, 3.63) is 39.7 Å². The third-order valence-electron chi connectivity index (χ3n) is 4.07. The first-order chi connectivity index (χ1) is 9.44. The highest BCUT2D eigenvalue weighted by Crippen LogP contribution is 2.42. The van der Waals surface area contributed by atoms with Gasteiger partial charge < -0.3 is 9.73 Å². The summed E-state index contributed by atoms with van der Waals surface area (Å²) >= 11 is 1.71. The van der Waals surface area contributed by atoms with E-state index in [4.69, 9.17) is 4.42 Å². The predicted octanol–water partition coefficient (Wildman–Crippen LogP) is 4.41. The van der Waals surface area contributed by atoms with Gasteiger partial charge in [-0.1, -0.05) is 13.8 Å². The minimum absolute atomic E-state index is 0.280. The van der Waals surface area contributed by atoms with Gasteiger partial charge in [0, 0.05) is 35.1 Å². The molecule has 108 valence electrons. The smallest absolute Gasteiger partial charge is 0.109 e. The molecule has 0 saturated carbocycles. The van der Waals surface area contributed by atoms with E-state index in [9.17, 15) is 0 Å². The molecule has 0 amide bonds. The van der Waals surface area contributed by atoms with E-state index in [1.807, 2.05) is 18.6 Å². The van der Waals surface area contributed by atoms with E-state index in [0.29, 0.717) is 12.1 Å². The first-order valence-corrected chi connectivity index (χ1v) is 8.06. The van der Waals surface area contributed by atoms with Gasteiger partial charge in [-0.25, -0.2) is 0 Å². The van der Waals surface area contributed by atoms with Crippen LogP contribution in [0, 0.1) is 12.3 Å². The molecule has 2 aromatic rings. The van der Waals surface area contributed by atoms with E-state index in [2.05, 4.69) is 37.1 Å². The van der Waals surface area contributed by atoms with Gasteiger partial charge in [0.25, 0.3) is 0 Å². The highest BCUT2D eigenvalue weighted by Gasteiger charge is 2.35. The molecule has 0 saturated heterocycles. The minimum Gasteiger partial charge on any atom is -0.466 e. The Morgan fingerprint density at radius 2 is 2.30 bits per heavy atom. The lowest BCUT2D eigenvalue weighted by Gasteiger charge is -2.36. The fraction of sp³-hybridized carbons (Fsp3) is 0.562. The van der Waals surface area contributed by atoms with Crippen molar-refractivity contribution in [2.75, 3.05) is 0 Å². The highest BCUT2D eigenvalue weighted by atomic mass is 32.1. The molecule has 2 atom stereocenters. The Bertz CT molecular complexity index is 586. The zero-order valence-electron chi connectivity index (χ0n) is 12.6. The van der Waals surface area contributed by atoms with Crippen molar-refractivity contribution in [1.29, 1.82) is 0 Å². The van der Waals surface area contributed by atoms with Gasteiger partial charge in [-0.3, -0.25) is 4.98 Å². The lowest BCUT2D eigenvalue weighted by Crippen LogP contribution is -2.33. The highest BCUT2D eigenvalue weighted by molar-refractivity contribution is 7.09. The summed E-state index contributed by atoms with van der Waals surface area (Å²) in [5.74, 6) is 2.18. The molecule has 0 aromatic carbocycles. The zero-order chi connectivity index (χ0) is 14.3. The molecule has 0 aliphatic heterocycles. The van der Waals surface area contributed by atoms with E-state index in [0.717, 1.165) is 24.4 Å². The molecule has 0 radical (unpaired) electrons. The van der Waals surface area contributed by atoms with Crippen molar-refractivity contribution in [2.45, 2.75) is 52.6 Å². The van der Waals surface area contributed by atoms with Crippen LogP contribution < -0.4 is 5.32 Å². The van der Waals surface area contributed by atoms with Gasteiger partial charge in [-0.15, -0.1) is 11.3 Å². The number of thiazole rings is 1. The molecular weight excluding hydrogens is 268 g/mol. The second kappa shape index (κ2) is 5.01. The second-order valence-electron chi connectivity index (χ2n) is 6.63. The van der Waals surface area contributed by atoms with E-state index < -0.39 is 0 Å². The van der Waals surface area contributed by atoms with Gasteiger partial charge in [0.1, 0.15) is 11.5 Å². The number of furan rings is 1. The van der Waals surface area contributed by atoms with Gasteiger partial charge in [0.05, 0.1) is 5.51 Å². The van der Waals surface area contributed by atoms with Crippen LogP contribution in [0.4, 0.5) is 0 Å². The van der Waals surface area contributed by atoms with E-state index in [-0.39, 0.29) is 5.41 Å². The van der Waals surface area contributed by atoms with Gasteiger partial charge in [0.15, 0.2) is 0 Å². The molecule has 1 aliphatic carbocycles. The second-order valence-corrected chi connectivity index (χ2v) is 7.54. The van der Waals surface area contributed by atoms with Crippen LogP contribution in [-0.4, -0.2) is 4.98 Å². The lowest BCUT2D eigenvalue weighted by atomic mass is 9.74. The van der Waals surface area contributed by atoms with Crippen LogP contribution in [-0.2, 0) is 6.42 Å². The summed E-state index contributed by atoms with van der Waals surface area (Å²) < 4.78 is 5.89. The summed E-state index contributed by atoms with van der Waals surface area (Å²) in [6.45, 7) is 8.89. The van der Waals surface area contributed by atoms with Crippen LogP contribution >= 0.6 is 11.3 Å². The van der Waals surface area contributed by atoms with Crippen molar-refractivity contribution in [2.24, 2.45) is 5.41 Å². The first kappa shape index (κ1) is 13.8. The molecule has 1 aliphatic rings. The maximum absolute atomic E-state index is 5.89. The fourth-order valence-electron chi connectivity index (χ4n) is 3.16. The van der Waals surface area contributed by atoms with E-state index in [1.165, 1.54) is 10.4 Å². The molecule has 2 unspecified atom stereocenters. The molecule has 0 fully saturated rings. The molecular formula is C16H22N2OS. The van der Waals surface area contributed by atoms with Crippen molar-refractivity contribution in [1.82, 2.24) is 10.3 Å². The van der Waals surface area contributed by atoms with Crippen molar-refractivity contribution < 1.29 is 4.42 Å². The standard InChI is InChI=1S/C16H22N2OS/c1-10-5-12-13(6-16(3,4)7-14(12)19-10)18-11(2)15-8-17-9-20-15/h5,8-9,11,13,18H,6-7H2,1-4H3. The van der Waals surface area contributed by atoms with Crippen molar-refractivity contribution >= 4 is 11.3 Å². The molecule has 3 nitrogen and oxygen atoms in total.